The van der Waals surface area contributed by atoms with Crippen LogP contribution in [0.15, 0.2) is 53.4 Å². The predicted octanol–water partition coefficient (Wildman–Crippen LogP) is 3.65. The molecule has 0 bridgehead atoms. The molecule has 0 fully saturated rings. The lowest BCUT2D eigenvalue weighted by molar-refractivity contribution is 0.575. The second kappa shape index (κ2) is 7.64. The molecule has 0 aliphatic rings. The first-order chi connectivity index (χ1) is 9.67. The highest BCUT2D eigenvalue weighted by molar-refractivity contribution is 7.99. The molecule has 106 valence electrons. The van der Waals surface area contributed by atoms with Gasteiger partial charge in [0.2, 0.25) is 0 Å². The van der Waals surface area contributed by atoms with Gasteiger partial charge in [-0.3, -0.25) is 11.3 Å². The summed E-state index contributed by atoms with van der Waals surface area (Å²) in [5.74, 6) is 6.13. The summed E-state index contributed by atoms with van der Waals surface area (Å²) in [6.45, 7) is 0. The van der Waals surface area contributed by atoms with Gasteiger partial charge in [-0.2, -0.15) is 0 Å². The highest BCUT2D eigenvalue weighted by Gasteiger charge is 2.09. The lowest BCUT2D eigenvalue weighted by Crippen LogP contribution is -2.38. The van der Waals surface area contributed by atoms with E-state index in [1.807, 2.05) is 30.3 Å². The van der Waals surface area contributed by atoms with Gasteiger partial charge in [-0.1, -0.05) is 29.8 Å². The highest BCUT2D eigenvalue weighted by Crippen LogP contribution is 2.20. The quantitative estimate of drug-likeness (QED) is 0.486. The first kappa shape index (κ1) is 15.3. The third kappa shape index (κ3) is 4.80. The third-order valence-electron chi connectivity index (χ3n) is 2.88. The average Bonchev–Trinajstić information content (AvgIpc) is 2.45. The predicted molar refractivity (Wildman–Crippen MR) is 83.4 cm³/mol. The minimum absolute atomic E-state index is 0.115. The summed E-state index contributed by atoms with van der Waals surface area (Å²) < 4.78 is 13.1. The number of hydrazine groups is 1. The van der Waals surface area contributed by atoms with E-state index in [2.05, 4.69) is 5.43 Å². The number of thioether (sulfide) groups is 1. The van der Waals surface area contributed by atoms with Gasteiger partial charge in [0, 0.05) is 21.7 Å². The zero-order valence-electron chi connectivity index (χ0n) is 10.9. The smallest absolute Gasteiger partial charge is 0.124 e. The molecule has 0 amide bonds. The van der Waals surface area contributed by atoms with Crippen molar-refractivity contribution in [2.24, 2.45) is 5.84 Å². The lowest BCUT2D eigenvalue weighted by Gasteiger charge is -2.15. The van der Waals surface area contributed by atoms with E-state index < -0.39 is 0 Å². The van der Waals surface area contributed by atoms with Gasteiger partial charge < -0.3 is 0 Å². The number of benzene rings is 2. The number of halogens is 2. The molecule has 0 heterocycles. The normalized spacial score (nSPS) is 12.3. The highest BCUT2D eigenvalue weighted by atomic mass is 35.5. The van der Waals surface area contributed by atoms with Crippen molar-refractivity contribution >= 4 is 23.4 Å². The van der Waals surface area contributed by atoms with Crippen molar-refractivity contribution in [1.82, 2.24) is 5.43 Å². The molecule has 20 heavy (non-hydrogen) atoms. The summed E-state index contributed by atoms with van der Waals surface area (Å²) in [5, 5.41) is 0.722. The largest absolute Gasteiger partial charge is 0.271 e. The summed E-state index contributed by atoms with van der Waals surface area (Å²) in [7, 11) is 0. The molecule has 1 unspecified atom stereocenters. The molecular formula is C15H16ClFN2S. The van der Waals surface area contributed by atoms with E-state index in [1.165, 1.54) is 12.1 Å². The molecule has 0 spiro atoms. The van der Waals surface area contributed by atoms with Crippen molar-refractivity contribution < 1.29 is 4.39 Å². The van der Waals surface area contributed by atoms with Crippen LogP contribution in [0.5, 0.6) is 0 Å². The average molecular weight is 311 g/mol. The third-order valence-corrected chi connectivity index (χ3v) is 4.29. The standard InChI is InChI=1S/C15H16ClFN2S/c16-12-6-4-11(5-7-12)8-14(19-18)10-20-15-3-1-2-13(17)9-15/h1-7,9,14,19H,8,10,18H2. The fourth-order valence-electron chi connectivity index (χ4n) is 1.82. The van der Waals surface area contributed by atoms with E-state index in [0.717, 1.165) is 27.7 Å². The zero-order valence-corrected chi connectivity index (χ0v) is 12.4. The Labute approximate surface area is 127 Å². The van der Waals surface area contributed by atoms with E-state index >= 15 is 0 Å². The van der Waals surface area contributed by atoms with Gasteiger partial charge in [0.25, 0.3) is 0 Å². The molecule has 0 saturated carbocycles. The van der Waals surface area contributed by atoms with E-state index in [-0.39, 0.29) is 11.9 Å². The van der Waals surface area contributed by atoms with Gasteiger partial charge >= 0.3 is 0 Å². The lowest BCUT2D eigenvalue weighted by atomic mass is 10.1. The minimum atomic E-state index is -0.218. The van der Waals surface area contributed by atoms with Gasteiger partial charge in [0.15, 0.2) is 0 Å². The van der Waals surface area contributed by atoms with Gasteiger partial charge in [0.05, 0.1) is 0 Å². The maximum absolute atomic E-state index is 13.1. The molecule has 2 aromatic rings. The Hall–Kier alpha value is -1.07. The molecule has 0 radical (unpaired) electrons. The molecule has 0 aliphatic heterocycles. The van der Waals surface area contributed by atoms with E-state index in [9.17, 15) is 4.39 Å². The van der Waals surface area contributed by atoms with Gasteiger partial charge in [0.1, 0.15) is 5.82 Å². The molecule has 0 saturated heterocycles. The van der Waals surface area contributed by atoms with Crippen LogP contribution < -0.4 is 11.3 Å². The molecule has 5 heteroatoms. The SMILES string of the molecule is NNC(CSc1cccc(F)c1)Cc1ccc(Cl)cc1. The summed E-state index contributed by atoms with van der Waals surface area (Å²) in [6.07, 6.45) is 0.802. The van der Waals surface area contributed by atoms with Crippen LogP contribution in [0.1, 0.15) is 5.56 Å². The number of rotatable bonds is 6. The zero-order chi connectivity index (χ0) is 14.4. The Morgan fingerprint density at radius 2 is 1.95 bits per heavy atom. The van der Waals surface area contributed by atoms with Crippen LogP contribution in [0.25, 0.3) is 0 Å². The molecule has 2 rings (SSSR count). The van der Waals surface area contributed by atoms with Crippen molar-refractivity contribution in [3.8, 4) is 0 Å². The van der Waals surface area contributed by atoms with Crippen LogP contribution in [-0.2, 0) is 6.42 Å². The van der Waals surface area contributed by atoms with E-state index in [4.69, 9.17) is 17.4 Å². The van der Waals surface area contributed by atoms with Crippen LogP contribution >= 0.6 is 23.4 Å². The minimum Gasteiger partial charge on any atom is -0.271 e. The van der Waals surface area contributed by atoms with Crippen molar-refractivity contribution in [2.75, 3.05) is 5.75 Å². The maximum Gasteiger partial charge on any atom is 0.124 e. The molecule has 2 aromatic carbocycles. The maximum atomic E-state index is 13.1. The van der Waals surface area contributed by atoms with Crippen LogP contribution in [0.3, 0.4) is 0 Å². The number of hydrogen-bond donors (Lipinski definition) is 2. The summed E-state index contributed by atoms with van der Waals surface area (Å²) in [5.41, 5.74) is 3.97. The van der Waals surface area contributed by atoms with Crippen molar-refractivity contribution in [2.45, 2.75) is 17.4 Å². The fourth-order valence-corrected chi connectivity index (χ4v) is 2.93. The fraction of sp³-hybridized carbons (Fsp3) is 0.200. The summed E-state index contributed by atoms with van der Waals surface area (Å²) >= 11 is 7.44. The van der Waals surface area contributed by atoms with Crippen LogP contribution in [0.4, 0.5) is 4.39 Å². The van der Waals surface area contributed by atoms with Crippen molar-refractivity contribution in [3.05, 3.63) is 64.9 Å². The Morgan fingerprint density at radius 3 is 2.60 bits per heavy atom. The molecular weight excluding hydrogens is 295 g/mol. The topological polar surface area (TPSA) is 38.0 Å². The van der Waals surface area contributed by atoms with Crippen molar-refractivity contribution in [1.29, 1.82) is 0 Å². The second-order valence-corrected chi connectivity index (χ2v) is 5.99. The Bertz CT molecular complexity index is 548. The van der Waals surface area contributed by atoms with E-state index in [0.29, 0.717) is 0 Å². The monoisotopic (exact) mass is 310 g/mol. The molecule has 2 nitrogen and oxygen atoms in total. The molecule has 3 N–H and O–H groups in total. The number of nitrogens with one attached hydrogen (secondary N) is 1. The molecule has 0 aromatic heterocycles. The molecule has 0 aliphatic carbocycles. The van der Waals surface area contributed by atoms with Crippen LogP contribution in [0, 0.1) is 5.82 Å². The van der Waals surface area contributed by atoms with Gasteiger partial charge in [-0.05, 0) is 42.3 Å². The number of hydrogen-bond acceptors (Lipinski definition) is 3. The van der Waals surface area contributed by atoms with Gasteiger partial charge in [-0.25, -0.2) is 4.39 Å². The summed E-state index contributed by atoms with van der Waals surface area (Å²) in [6, 6.07) is 14.4. The Balaban J connectivity index is 1.90. The van der Waals surface area contributed by atoms with Gasteiger partial charge in [-0.15, -0.1) is 11.8 Å². The van der Waals surface area contributed by atoms with Crippen LogP contribution in [-0.4, -0.2) is 11.8 Å². The Kier molecular flexibility index (Phi) is 5.86. The summed E-state index contributed by atoms with van der Waals surface area (Å²) in [4.78, 5) is 0.904. The van der Waals surface area contributed by atoms with Crippen LogP contribution in [0.2, 0.25) is 5.02 Å². The van der Waals surface area contributed by atoms with Crippen molar-refractivity contribution in [3.63, 3.8) is 0 Å². The number of nitrogens with two attached hydrogens (primary N) is 1. The second-order valence-electron chi connectivity index (χ2n) is 4.46. The first-order valence-corrected chi connectivity index (χ1v) is 7.62. The van der Waals surface area contributed by atoms with E-state index in [1.54, 1.807) is 17.8 Å². The molecule has 1 atom stereocenters. The first-order valence-electron chi connectivity index (χ1n) is 6.26. The Morgan fingerprint density at radius 1 is 1.20 bits per heavy atom.